The van der Waals surface area contributed by atoms with Crippen LogP contribution < -0.4 is 0 Å². The van der Waals surface area contributed by atoms with E-state index >= 15 is 0 Å². The van der Waals surface area contributed by atoms with Crippen molar-refractivity contribution < 1.29 is 0 Å². The molecule has 1 saturated carbocycles. The first-order valence-corrected chi connectivity index (χ1v) is 10.3. The first-order valence-electron chi connectivity index (χ1n) is 5.61. The molecule has 0 heterocycles. The van der Waals surface area contributed by atoms with Gasteiger partial charge in [0, 0.05) is 0 Å². The van der Waals surface area contributed by atoms with Crippen LogP contribution in [0.3, 0.4) is 0 Å². The highest BCUT2D eigenvalue weighted by atomic mass is 35.7. The van der Waals surface area contributed by atoms with E-state index in [0.29, 0.717) is 0 Å². The van der Waals surface area contributed by atoms with Crippen LogP contribution in [0.15, 0.2) is 12.2 Å². The van der Waals surface area contributed by atoms with Gasteiger partial charge in [0.15, 0.2) is 0 Å². The van der Waals surface area contributed by atoms with Crippen LogP contribution >= 0.6 is 22.2 Å². The topological polar surface area (TPSA) is 0 Å². The quantitative estimate of drug-likeness (QED) is 0.390. The molecule has 0 aromatic carbocycles. The lowest BCUT2D eigenvalue weighted by Gasteiger charge is -2.18. The smallest absolute Gasteiger partial charge is 0.146 e. The molecule has 0 aromatic rings. The number of allylic oxidation sites excluding steroid dienone is 2. The van der Waals surface area contributed by atoms with Crippen molar-refractivity contribution in [2.45, 2.75) is 38.3 Å². The summed E-state index contributed by atoms with van der Waals surface area (Å²) in [6.07, 6.45) is 10.2. The molecule has 0 aromatic heterocycles. The minimum absolute atomic E-state index is 0.888. The molecule has 3 heteroatoms. The predicted molar refractivity (Wildman–Crippen MR) is 66.2 cm³/mol. The minimum Gasteiger partial charge on any atom is -0.146 e. The van der Waals surface area contributed by atoms with E-state index in [0.717, 1.165) is 23.8 Å². The SMILES string of the molecule is C[Si](Cl)(Cl)CCCC1CC2C=CC1C2. The summed E-state index contributed by atoms with van der Waals surface area (Å²) in [6, 6.07) is 1.06. The highest BCUT2D eigenvalue weighted by Crippen LogP contribution is 2.45. The zero-order valence-corrected chi connectivity index (χ0v) is 11.2. The third-order valence-corrected chi connectivity index (χ3v) is 5.97. The van der Waals surface area contributed by atoms with E-state index in [1.807, 2.05) is 6.55 Å². The van der Waals surface area contributed by atoms with Gasteiger partial charge in [-0.3, -0.25) is 0 Å². The fourth-order valence-electron chi connectivity index (χ4n) is 2.90. The molecule has 0 N–H and O–H groups in total. The highest BCUT2D eigenvalue weighted by Gasteiger charge is 2.35. The minimum atomic E-state index is -1.82. The monoisotopic (exact) mass is 248 g/mol. The Labute approximate surface area is 97.1 Å². The fraction of sp³-hybridized carbons (Fsp3) is 0.818. The standard InChI is InChI=1S/C11H18Cl2Si/c1-14(12,13)6-2-3-10-7-9-4-5-11(10)8-9/h4-5,9-11H,2-3,6-8H2,1H3. The second kappa shape index (κ2) is 4.19. The van der Waals surface area contributed by atoms with Crippen LogP contribution in [-0.2, 0) is 0 Å². The Morgan fingerprint density at radius 1 is 1.29 bits per heavy atom. The molecule has 2 rings (SSSR count). The lowest BCUT2D eigenvalue weighted by molar-refractivity contribution is 0.411. The third-order valence-electron chi connectivity index (χ3n) is 3.61. The second-order valence-corrected chi connectivity index (χ2v) is 13.2. The summed E-state index contributed by atoms with van der Waals surface area (Å²) in [7, 11) is 0. The Morgan fingerprint density at radius 2 is 2.07 bits per heavy atom. The molecule has 0 aliphatic heterocycles. The summed E-state index contributed by atoms with van der Waals surface area (Å²) in [4.78, 5) is 0. The van der Waals surface area contributed by atoms with Crippen LogP contribution in [0.1, 0.15) is 25.7 Å². The molecule has 0 saturated heterocycles. The van der Waals surface area contributed by atoms with Crippen molar-refractivity contribution in [3.05, 3.63) is 12.2 Å². The van der Waals surface area contributed by atoms with Gasteiger partial charge in [-0.15, -0.1) is 22.2 Å². The van der Waals surface area contributed by atoms with Gasteiger partial charge in [-0.25, -0.2) is 0 Å². The van der Waals surface area contributed by atoms with Gasteiger partial charge in [0.05, 0.1) is 0 Å². The normalized spacial score (nSPS) is 35.5. The molecule has 80 valence electrons. The van der Waals surface area contributed by atoms with Crippen LogP contribution in [0.5, 0.6) is 0 Å². The Balaban J connectivity index is 1.70. The van der Waals surface area contributed by atoms with Crippen molar-refractivity contribution >= 4 is 28.9 Å². The van der Waals surface area contributed by atoms with Gasteiger partial charge in [-0.2, -0.15) is 0 Å². The van der Waals surface area contributed by atoms with Crippen molar-refractivity contribution in [2.24, 2.45) is 17.8 Å². The molecule has 3 unspecified atom stereocenters. The van der Waals surface area contributed by atoms with Gasteiger partial charge < -0.3 is 0 Å². The summed E-state index contributed by atoms with van der Waals surface area (Å²) in [6.45, 7) is 0.201. The summed E-state index contributed by atoms with van der Waals surface area (Å²) < 4.78 is 0. The molecular weight excluding hydrogens is 231 g/mol. The van der Waals surface area contributed by atoms with E-state index in [-0.39, 0.29) is 0 Å². The molecule has 2 aliphatic rings. The van der Waals surface area contributed by atoms with Crippen LogP contribution in [0.25, 0.3) is 0 Å². The van der Waals surface area contributed by atoms with Crippen LogP contribution in [-0.4, -0.2) is 6.69 Å². The fourth-order valence-corrected chi connectivity index (χ4v) is 4.53. The van der Waals surface area contributed by atoms with Crippen LogP contribution in [0.4, 0.5) is 0 Å². The van der Waals surface area contributed by atoms with Crippen molar-refractivity contribution in [3.63, 3.8) is 0 Å². The van der Waals surface area contributed by atoms with Gasteiger partial charge >= 0.3 is 0 Å². The summed E-state index contributed by atoms with van der Waals surface area (Å²) >= 11 is 12.2. The molecular formula is C11H18Cl2Si. The lowest BCUT2D eigenvalue weighted by Crippen LogP contribution is -2.14. The number of rotatable bonds is 4. The molecule has 0 radical (unpaired) electrons. The summed E-state index contributed by atoms with van der Waals surface area (Å²) in [5, 5.41) is 0. The number of hydrogen-bond acceptors (Lipinski definition) is 0. The van der Waals surface area contributed by atoms with E-state index in [1.54, 1.807) is 0 Å². The molecule has 14 heavy (non-hydrogen) atoms. The Kier molecular flexibility index (Phi) is 3.30. The van der Waals surface area contributed by atoms with E-state index in [2.05, 4.69) is 12.2 Å². The third kappa shape index (κ3) is 2.77. The van der Waals surface area contributed by atoms with Crippen molar-refractivity contribution in [1.82, 2.24) is 0 Å². The average Bonchev–Trinajstić information content (AvgIpc) is 2.62. The van der Waals surface area contributed by atoms with E-state index in [4.69, 9.17) is 22.2 Å². The van der Waals surface area contributed by atoms with Gasteiger partial charge in [-0.1, -0.05) is 25.0 Å². The maximum atomic E-state index is 6.09. The number of fused-ring (bicyclic) bond motifs is 2. The number of hydrogen-bond donors (Lipinski definition) is 0. The molecule has 2 bridgehead atoms. The lowest BCUT2D eigenvalue weighted by atomic mass is 9.90. The van der Waals surface area contributed by atoms with E-state index in [9.17, 15) is 0 Å². The van der Waals surface area contributed by atoms with Crippen LogP contribution in [0, 0.1) is 17.8 Å². The Bertz CT molecular complexity index is 232. The largest absolute Gasteiger partial charge is 0.248 e. The maximum absolute atomic E-state index is 6.09. The Morgan fingerprint density at radius 3 is 2.57 bits per heavy atom. The first kappa shape index (κ1) is 11.0. The van der Waals surface area contributed by atoms with Gasteiger partial charge in [0.2, 0.25) is 6.69 Å². The maximum Gasteiger partial charge on any atom is 0.248 e. The van der Waals surface area contributed by atoms with Crippen molar-refractivity contribution in [3.8, 4) is 0 Å². The van der Waals surface area contributed by atoms with Crippen molar-refractivity contribution in [1.29, 1.82) is 0 Å². The molecule has 0 amide bonds. The zero-order valence-electron chi connectivity index (χ0n) is 8.68. The summed E-state index contributed by atoms with van der Waals surface area (Å²) in [5.74, 6) is 2.73. The molecule has 0 spiro atoms. The van der Waals surface area contributed by atoms with E-state index < -0.39 is 6.69 Å². The molecule has 1 fully saturated rings. The molecule has 0 nitrogen and oxygen atoms in total. The van der Waals surface area contributed by atoms with Gasteiger partial charge in [-0.05, 0) is 43.2 Å². The first-order chi connectivity index (χ1) is 6.54. The Hall–Kier alpha value is 0.537. The van der Waals surface area contributed by atoms with E-state index in [1.165, 1.54) is 25.7 Å². The predicted octanol–water partition coefficient (Wildman–Crippen LogP) is 4.53. The second-order valence-electron chi connectivity index (χ2n) is 5.00. The zero-order chi connectivity index (χ0) is 10.2. The molecule has 3 atom stereocenters. The summed E-state index contributed by atoms with van der Waals surface area (Å²) in [5.41, 5.74) is 0. The average molecular weight is 249 g/mol. The highest BCUT2D eigenvalue weighted by molar-refractivity contribution is 7.44. The van der Waals surface area contributed by atoms with Crippen LogP contribution in [0.2, 0.25) is 12.6 Å². The van der Waals surface area contributed by atoms with Gasteiger partial charge in [0.1, 0.15) is 0 Å². The number of halogens is 2. The van der Waals surface area contributed by atoms with Crippen molar-refractivity contribution in [2.75, 3.05) is 0 Å². The van der Waals surface area contributed by atoms with Gasteiger partial charge in [0.25, 0.3) is 0 Å². The molecule has 2 aliphatic carbocycles.